The molecule has 1 amide bonds. The molecule has 0 aliphatic carbocycles. The first-order valence-electron chi connectivity index (χ1n) is 8.69. The summed E-state index contributed by atoms with van der Waals surface area (Å²) in [5, 5.41) is 3.37. The Balaban J connectivity index is 0.00000312. The first-order chi connectivity index (χ1) is 11.5. The number of aryl methyl sites for hydroxylation is 1. The van der Waals surface area contributed by atoms with Gasteiger partial charge in [0.05, 0.1) is 13.0 Å². The van der Waals surface area contributed by atoms with E-state index in [9.17, 15) is 9.59 Å². The third-order valence-electron chi connectivity index (χ3n) is 4.36. The Morgan fingerprint density at radius 1 is 1.20 bits per heavy atom. The molecule has 1 heterocycles. The van der Waals surface area contributed by atoms with Crippen LogP contribution in [0.2, 0.25) is 0 Å². The number of piperazine rings is 1. The van der Waals surface area contributed by atoms with E-state index in [0.29, 0.717) is 25.5 Å². The van der Waals surface area contributed by atoms with Crippen LogP contribution >= 0.6 is 12.4 Å². The number of ether oxygens (including phenoxy) is 1. The summed E-state index contributed by atoms with van der Waals surface area (Å²) in [4.78, 5) is 25.3. The van der Waals surface area contributed by atoms with Gasteiger partial charge in [0, 0.05) is 31.6 Å². The van der Waals surface area contributed by atoms with E-state index in [0.717, 1.165) is 30.8 Å². The fourth-order valence-electron chi connectivity index (χ4n) is 2.84. The van der Waals surface area contributed by atoms with Gasteiger partial charge in [0.25, 0.3) is 0 Å². The Labute approximate surface area is 156 Å². The maximum absolute atomic E-state index is 12.3. The predicted octanol–water partition coefficient (Wildman–Crippen LogP) is 2.61. The van der Waals surface area contributed by atoms with Crippen molar-refractivity contribution in [3.63, 3.8) is 0 Å². The molecule has 1 fully saturated rings. The molecule has 0 aromatic heterocycles. The average molecular weight is 369 g/mol. The molecule has 6 heteroatoms. The lowest BCUT2D eigenvalue weighted by Gasteiger charge is -2.37. The zero-order valence-corrected chi connectivity index (χ0v) is 16.1. The lowest BCUT2D eigenvalue weighted by molar-refractivity contribution is -0.135. The highest BCUT2D eigenvalue weighted by atomic mass is 35.5. The number of amides is 1. The minimum Gasteiger partial charge on any atom is -0.493 e. The number of benzene rings is 1. The lowest BCUT2D eigenvalue weighted by Crippen LogP contribution is -2.56. The first kappa shape index (κ1) is 21.5. The molecule has 1 aromatic rings. The third-order valence-corrected chi connectivity index (χ3v) is 4.36. The van der Waals surface area contributed by atoms with Crippen molar-refractivity contribution < 1.29 is 14.3 Å². The van der Waals surface area contributed by atoms with Crippen LogP contribution in [0, 0.1) is 0 Å². The van der Waals surface area contributed by atoms with Gasteiger partial charge in [-0.2, -0.15) is 0 Å². The minimum atomic E-state index is 0. The molecule has 1 aliphatic heterocycles. The number of carbonyl (C=O) groups excluding carboxylic acids is 2. The fourth-order valence-corrected chi connectivity index (χ4v) is 2.84. The van der Waals surface area contributed by atoms with Gasteiger partial charge in [-0.3, -0.25) is 4.79 Å². The van der Waals surface area contributed by atoms with Gasteiger partial charge < -0.3 is 19.7 Å². The molecule has 0 spiro atoms. The number of ketones is 1. The number of hydrogen-bond donors (Lipinski definition) is 1. The molecule has 140 valence electrons. The SMILES string of the molecule is CC(=O)CCc1ccc(OCCC(=O)N2CC(C)NCC2C)cc1.Cl. The molecule has 1 aromatic carbocycles. The summed E-state index contributed by atoms with van der Waals surface area (Å²) in [5.74, 6) is 1.11. The molecule has 2 unspecified atom stereocenters. The van der Waals surface area contributed by atoms with E-state index in [1.54, 1.807) is 6.92 Å². The van der Waals surface area contributed by atoms with Crippen LogP contribution < -0.4 is 10.1 Å². The predicted molar refractivity (Wildman–Crippen MR) is 101 cm³/mol. The standard InChI is InChI=1S/C19H28N2O3.ClH/c1-14-13-21(15(2)12-20-14)19(23)10-11-24-18-8-6-17(7-9-18)5-4-16(3)22;/h6-9,14-15,20H,4-5,10-13H2,1-3H3;1H. The topological polar surface area (TPSA) is 58.6 Å². The molecule has 0 saturated carbocycles. The minimum absolute atomic E-state index is 0. The van der Waals surface area contributed by atoms with Crippen molar-refractivity contribution in [1.82, 2.24) is 10.2 Å². The molecule has 5 nitrogen and oxygen atoms in total. The second kappa shape index (κ2) is 10.4. The van der Waals surface area contributed by atoms with E-state index in [4.69, 9.17) is 4.74 Å². The van der Waals surface area contributed by atoms with Crippen molar-refractivity contribution in [2.24, 2.45) is 0 Å². The maximum atomic E-state index is 12.3. The third kappa shape index (κ3) is 7.04. The number of carbonyl (C=O) groups is 2. The average Bonchev–Trinajstić information content (AvgIpc) is 2.56. The summed E-state index contributed by atoms with van der Waals surface area (Å²) < 4.78 is 5.68. The van der Waals surface area contributed by atoms with Crippen LogP contribution in [0.5, 0.6) is 5.75 Å². The van der Waals surface area contributed by atoms with Crippen molar-refractivity contribution >= 4 is 24.1 Å². The molecule has 1 aliphatic rings. The zero-order chi connectivity index (χ0) is 17.5. The van der Waals surface area contributed by atoms with Gasteiger partial charge in [-0.25, -0.2) is 0 Å². The Kier molecular flexibility index (Phi) is 8.93. The smallest absolute Gasteiger partial charge is 0.226 e. The fraction of sp³-hybridized carbons (Fsp3) is 0.579. The maximum Gasteiger partial charge on any atom is 0.226 e. The number of nitrogens with zero attached hydrogens (tertiary/aromatic N) is 1. The number of nitrogens with one attached hydrogen (secondary N) is 1. The Morgan fingerprint density at radius 3 is 2.52 bits per heavy atom. The van der Waals surface area contributed by atoms with Gasteiger partial charge in [0.15, 0.2) is 0 Å². The second-order valence-corrected chi connectivity index (χ2v) is 6.65. The molecule has 2 rings (SSSR count). The van der Waals surface area contributed by atoms with Gasteiger partial charge in [0.1, 0.15) is 11.5 Å². The van der Waals surface area contributed by atoms with E-state index in [1.807, 2.05) is 29.2 Å². The lowest BCUT2D eigenvalue weighted by atomic mass is 10.1. The van der Waals surface area contributed by atoms with Crippen LogP contribution in [0.15, 0.2) is 24.3 Å². The van der Waals surface area contributed by atoms with Crippen molar-refractivity contribution in [3.05, 3.63) is 29.8 Å². The molecule has 0 radical (unpaired) electrons. The normalized spacial score (nSPS) is 19.9. The van der Waals surface area contributed by atoms with Gasteiger partial charge in [0.2, 0.25) is 5.91 Å². The van der Waals surface area contributed by atoms with Crippen LogP contribution in [0.25, 0.3) is 0 Å². The molecular formula is C19H29ClN2O3. The van der Waals surface area contributed by atoms with E-state index < -0.39 is 0 Å². The largest absolute Gasteiger partial charge is 0.493 e. The number of Topliss-reactive ketones (excluding diaryl/α,β-unsaturated/α-hetero) is 1. The van der Waals surface area contributed by atoms with Crippen molar-refractivity contribution in [2.45, 2.75) is 52.1 Å². The van der Waals surface area contributed by atoms with Gasteiger partial charge >= 0.3 is 0 Å². The summed E-state index contributed by atoms with van der Waals surface area (Å²) in [7, 11) is 0. The number of hydrogen-bond acceptors (Lipinski definition) is 4. The summed E-state index contributed by atoms with van der Waals surface area (Å²) in [6.07, 6.45) is 1.71. The van der Waals surface area contributed by atoms with Crippen LogP contribution in [0.1, 0.15) is 39.2 Å². The van der Waals surface area contributed by atoms with E-state index in [-0.39, 0.29) is 30.1 Å². The summed E-state index contributed by atoms with van der Waals surface area (Å²) >= 11 is 0. The molecule has 1 N–H and O–H groups in total. The van der Waals surface area contributed by atoms with Crippen LogP contribution in [-0.2, 0) is 16.0 Å². The highest BCUT2D eigenvalue weighted by Crippen LogP contribution is 2.14. The molecule has 25 heavy (non-hydrogen) atoms. The van der Waals surface area contributed by atoms with Crippen molar-refractivity contribution in [3.8, 4) is 5.75 Å². The zero-order valence-electron chi connectivity index (χ0n) is 15.3. The van der Waals surface area contributed by atoms with Gasteiger partial charge in [-0.15, -0.1) is 12.4 Å². The highest BCUT2D eigenvalue weighted by molar-refractivity contribution is 5.85. The molecular weight excluding hydrogens is 340 g/mol. The Hall–Kier alpha value is -1.59. The van der Waals surface area contributed by atoms with Crippen LogP contribution in [0.4, 0.5) is 0 Å². The second-order valence-electron chi connectivity index (χ2n) is 6.65. The Morgan fingerprint density at radius 2 is 1.88 bits per heavy atom. The number of rotatable bonds is 7. The molecule has 0 bridgehead atoms. The van der Waals surface area contributed by atoms with E-state index in [1.165, 1.54) is 0 Å². The van der Waals surface area contributed by atoms with Crippen LogP contribution in [0.3, 0.4) is 0 Å². The molecule has 2 atom stereocenters. The summed E-state index contributed by atoms with van der Waals surface area (Å²) in [6, 6.07) is 8.31. The highest BCUT2D eigenvalue weighted by Gasteiger charge is 2.26. The van der Waals surface area contributed by atoms with Gasteiger partial charge in [-0.05, 0) is 44.9 Å². The van der Waals surface area contributed by atoms with Crippen molar-refractivity contribution in [2.75, 3.05) is 19.7 Å². The monoisotopic (exact) mass is 368 g/mol. The van der Waals surface area contributed by atoms with E-state index >= 15 is 0 Å². The quantitative estimate of drug-likeness (QED) is 0.803. The number of halogens is 1. The first-order valence-corrected chi connectivity index (χ1v) is 8.69. The van der Waals surface area contributed by atoms with Crippen molar-refractivity contribution in [1.29, 1.82) is 0 Å². The summed E-state index contributed by atoms with van der Waals surface area (Å²) in [6.45, 7) is 7.75. The van der Waals surface area contributed by atoms with Crippen LogP contribution in [-0.4, -0.2) is 48.4 Å². The van der Waals surface area contributed by atoms with E-state index in [2.05, 4.69) is 19.2 Å². The Bertz CT molecular complexity index is 562. The summed E-state index contributed by atoms with van der Waals surface area (Å²) in [5.41, 5.74) is 1.12. The van der Waals surface area contributed by atoms with Gasteiger partial charge in [-0.1, -0.05) is 12.1 Å². The molecule has 1 saturated heterocycles.